The minimum absolute atomic E-state index is 0.0200. The van der Waals surface area contributed by atoms with E-state index in [4.69, 9.17) is 14.9 Å². The highest BCUT2D eigenvalue weighted by molar-refractivity contribution is 6.00. The predicted octanol–water partition coefficient (Wildman–Crippen LogP) is 2.77. The van der Waals surface area contributed by atoms with Gasteiger partial charge in [-0.05, 0) is 11.6 Å². The van der Waals surface area contributed by atoms with Crippen LogP contribution in [0.25, 0.3) is 0 Å². The normalized spacial score (nSPS) is 13.9. The minimum Gasteiger partial charge on any atom is -0.478 e. The average Bonchev–Trinajstić information content (AvgIpc) is 3.32. The van der Waals surface area contributed by atoms with Crippen molar-refractivity contribution in [1.82, 2.24) is 0 Å². The molecule has 1 aliphatic rings. The number of Topliss-reactive ketones (excluding diaryl/α,β-unsaturated/α-hetero) is 1. The van der Waals surface area contributed by atoms with E-state index in [0.717, 1.165) is 0 Å². The second-order valence-electron chi connectivity index (χ2n) is 4.67. The number of rotatable bonds is 5. The van der Waals surface area contributed by atoms with Crippen LogP contribution in [0.4, 0.5) is 0 Å². The van der Waals surface area contributed by atoms with E-state index >= 15 is 0 Å². The molecular formula is C16H12O5. The summed E-state index contributed by atoms with van der Waals surface area (Å²) in [6.45, 7) is 0. The number of carboxylic acid groups (broad SMARTS) is 1. The number of hydrogen-bond acceptors (Lipinski definition) is 4. The lowest BCUT2D eigenvalue weighted by atomic mass is 9.96. The second kappa shape index (κ2) is 5.47. The van der Waals surface area contributed by atoms with Crippen molar-refractivity contribution in [3.63, 3.8) is 0 Å². The summed E-state index contributed by atoms with van der Waals surface area (Å²) in [6.07, 6.45) is -0.480. The smallest absolute Gasteiger partial charge is 0.335 e. The van der Waals surface area contributed by atoms with E-state index in [1.54, 1.807) is 42.5 Å². The molecule has 0 unspecified atom stereocenters. The van der Waals surface area contributed by atoms with Crippen molar-refractivity contribution in [3.8, 4) is 0 Å². The molecule has 106 valence electrons. The Morgan fingerprint density at radius 2 is 1.57 bits per heavy atom. The third-order valence-electron chi connectivity index (χ3n) is 3.31. The summed E-state index contributed by atoms with van der Waals surface area (Å²) in [7, 11) is 0. The van der Waals surface area contributed by atoms with Crippen molar-refractivity contribution in [1.29, 1.82) is 0 Å². The van der Waals surface area contributed by atoms with Crippen molar-refractivity contribution in [2.75, 3.05) is 0 Å². The van der Waals surface area contributed by atoms with E-state index in [1.807, 2.05) is 0 Å². The van der Waals surface area contributed by atoms with Gasteiger partial charge in [-0.15, -0.1) is 0 Å². The molecule has 2 aromatic carbocycles. The van der Waals surface area contributed by atoms with Gasteiger partial charge in [0, 0.05) is 17.5 Å². The third kappa shape index (κ3) is 2.84. The van der Waals surface area contributed by atoms with Crippen LogP contribution in [0.2, 0.25) is 0 Å². The highest BCUT2D eigenvalue weighted by Crippen LogP contribution is 2.34. The van der Waals surface area contributed by atoms with Crippen molar-refractivity contribution in [2.24, 2.45) is 0 Å². The zero-order valence-corrected chi connectivity index (χ0v) is 11.0. The van der Waals surface area contributed by atoms with Crippen molar-refractivity contribution in [3.05, 3.63) is 70.8 Å². The van der Waals surface area contributed by atoms with E-state index < -0.39 is 12.3 Å². The Morgan fingerprint density at radius 1 is 0.952 bits per heavy atom. The maximum absolute atomic E-state index is 12.4. The molecule has 1 fully saturated rings. The van der Waals surface area contributed by atoms with Crippen LogP contribution in [0.1, 0.15) is 38.1 Å². The lowest BCUT2D eigenvalue weighted by Crippen LogP contribution is -2.10. The SMILES string of the molecule is O=C(O)c1ccccc1CC(=O)c1ccccc1C1OO1. The van der Waals surface area contributed by atoms with Crippen molar-refractivity contribution in [2.45, 2.75) is 12.7 Å². The number of ketones is 1. The largest absolute Gasteiger partial charge is 0.478 e. The van der Waals surface area contributed by atoms with Gasteiger partial charge in [-0.25, -0.2) is 4.79 Å². The van der Waals surface area contributed by atoms with Crippen molar-refractivity contribution >= 4 is 11.8 Å². The quantitative estimate of drug-likeness (QED) is 0.519. The molecule has 5 nitrogen and oxygen atoms in total. The van der Waals surface area contributed by atoms with Crippen LogP contribution in [-0.2, 0) is 16.2 Å². The molecule has 0 saturated carbocycles. The zero-order valence-electron chi connectivity index (χ0n) is 11.0. The molecule has 0 spiro atoms. The highest BCUT2D eigenvalue weighted by atomic mass is 17.4. The summed E-state index contributed by atoms with van der Waals surface area (Å²) in [5.74, 6) is -1.21. The minimum atomic E-state index is -1.04. The Morgan fingerprint density at radius 3 is 2.24 bits per heavy atom. The van der Waals surface area contributed by atoms with Gasteiger partial charge in [0.2, 0.25) is 6.29 Å². The number of aromatic carboxylic acids is 1. The zero-order chi connectivity index (χ0) is 14.8. The van der Waals surface area contributed by atoms with Gasteiger partial charge in [0.25, 0.3) is 0 Å². The van der Waals surface area contributed by atoms with Gasteiger partial charge in [0.15, 0.2) is 5.78 Å². The fourth-order valence-electron chi connectivity index (χ4n) is 2.24. The van der Waals surface area contributed by atoms with Crippen LogP contribution in [-0.4, -0.2) is 16.9 Å². The molecule has 0 atom stereocenters. The van der Waals surface area contributed by atoms with E-state index in [2.05, 4.69) is 0 Å². The Balaban J connectivity index is 1.89. The van der Waals surface area contributed by atoms with Crippen LogP contribution in [0, 0.1) is 0 Å². The monoisotopic (exact) mass is 284 g/mol. The van der Waals surface area contributed by atoms with Gasteiger partial charge in [0.05, 0.1) is 5.56 Å². The molecule has 0 radical (unpaired) electrons. The molecule has 2 aromatic rings. The van der Waals surface area contributed by atoms with Gasteiger partial charge < -0.3 is 5.11 Å². The van der Waals surface area contributed by atoms with Crippen LogP contribution in [0.3, 0.4) is 0 Å². The maximum atomic E-state index is 12.4. The Bertz CT molecular complexity index is 703. The first kappa shape index (κ1) is 13.5. The number of benzene rings is 2. The fraction of sp³-hybridized carbons (Fsp3) is 0.125. The van der Waals surface area contributed by atoms with Gasteiger partial charge in [-0.2, -0.15) is 9.78 Å². The van der Waals surface area contributed by atoms with Gasteiger partial charge in [0.1, 0.15) is 0 Å². The fourth-order valence-corrected chi connectivity index (χ4v) is 2.24. The van der Waals surface area contributed by atoms with E-state index in [0.29, 0.717) is 16.7 Å². The first-order chi connectivity index (χ1) is 10.2. The first-order valence-electron chi connectivity index (χ1n) is 6.42. The topological polar surface area (TPSA) is 79.4 Å². The molecule has 0 aromatic heterocycles. The third-order valence-corrected chi connectivity index (χ3v) is 3.31. The van der Waals surface area contributed by atoms with E-state index in [1.165, 1.54) is 6.07 Å². The Labute approximate surface area is 120 Å². The molecule has 3 rings (SSSR count). The molecule has 1 heterocycles. The summed E-state index contributed by atoms with van der Waals surface area (Å²) in [5.41, 5.74) is 1.78. The summed E-state index contributed by atoms with van der Waals surface area (Å²) < 4.78 is 0. The summed E-state index contributed by atoms with van der Waals surface area (Å²) in [6, 6.07) is 13.5. The summed E-state index contributed by atoms with van der Waals surface area (Å²) in [4.78, 5) is 33.1. The summed E-state index contributed by atoms with van der Waals surface area (Å²) >= 11 is 0. The molecular weight excluding hydrogens is 272 g/mol. The second-order valence-corrected chi connectivity index (χ2v) is 4.67. The number of hydrogen-bond donors (Lipinski definition) is 1. The predicted molar refractivity (Wildman–Crippen MR) is 72.8 cm³/mol. The van der Waals surface area contributed by atoms with Gasteiger partial charge >= 0.3 is 5.97 Å². The van der Waals surface area contributed by atoms with Crippen LogP contribution < -0.4 is 0 Å². The van der Waals surface area contributed by atoms with E-state index in [-0.39, 0.29) is 17.8 Å². The Kier molecular flexibility index (Phi) is 3.51. The molecule has 1 N–H and O–H groups in total. The summed E-state index contributed by atoms with van der Waals surface area (Å²) in [5, 5.41) is 9.15. The van der Waals surface area contributed by atoms with Crippen LogP contribution >= 0.6 is 0 Å². The van der Waals surface area contributed by atoms with Crippen LogP contribution in [0.5, 0.6) is 0 Å². The molecule has 0 aliphatic carbocycles. The number of carbonyl (C=O) groups is 2. The maximum Gasteiger partial charge on any atom is 0.335 e. The Hall–Kier alpha value is -2.50. The first-order valence-corrected chi connectivity index (χ1v) is 6.42. The van der Waals surface area contributed by atoms with Crippen molar-refractivity contribution < 1.29 is 24.5 Å². The number of carbonyl (C=O) groups excluding carboxylic acids is 1. The van der Waals surface area contributed by atoms with Crippen LogP contribution in [0.15, 0.2) is 48.5 Å². The van der Waals surface area contributed by atoms with E-state index in [9.17, 15) is 9.59 Å². The molecule has 1 aliphatic heterocycles. The average molecular weight is 284 g/mol. The lowest BCUT2D eigenvalue weighted by Gasteiger charge is -2.07. The molecule has 21 heavy (non-hydrogen) atoms. The molecule has 0 bridgehead atoms. The molecule has 1 saturated heterocycles. The standard InChI is InChI=1S/C16H12O5/c17-14(9-10-5-1-2-6-11(10)15(18)19)12-7-3-4-8-13(12)16-20-21-16/h1-8,16H,9H2,(H,18,19). The molecule has 5 heteroatoms. The lowest BCUT2D eigenvalue weighted by molar-refractivity contribution is 0.0696. The molecule has 0 amide bonds. The number of carboxylic acids is 1. The van der Waals surface area contributed by atoms with Gasteiger partial charge in [-0.3, -0.25) is 4.79 Å². The highest BCUT2D eigenvalue weighted by Gasteiger charge is 2.32. The van der Waals surface area contributed by atoms with Gasteiger partial charge in [-0.1, -0.05) is 42.5 Å².